The van der Waals surface area contributed by atoms with Crippen LogP contribution in [0.5, 0.6) is 0 Å². The fourth-order valence-corrected chi connectivity index (χ4v) is 1.64. The summed E-state index contributed by atoms with van der Waals surface area (Å²) in [6, 6.07) is 1.17. The molecule has 1 unspecified atom stereocenters. The lowest BCUT2D eigenvalue weighted by Crippen LogP contribution is -2.42. The highest BCUT2D eigenvalue weighted by Gasteiger charge is 2.46. The average Bonchev–Trinajstić information content (AvgIpc) is 2.58. The van der Waals surface area contributed by atoms with Gasteiger partial charge in [-0.15, -0.1) is 0 Å². The SMILES string of the molecule is O=C1C(=O)N(C(F)C(=O)O)c2c(F)ccc(F)c21. The van der Waals surface area contributed by atoms with Gasteiger partial charge in [-0.1, -0.05) is 0 Å². The number of halogens is 3. The highest BCUT2D eigenvalue weighted by molar-refractivity contribution is 6.52. The Labute approximate surface area is 97.4 Å². The molecule has 1 aliphatic heterocycles. The van der Waals surface area contributed by atoms with E-state index in [2.05, 4.69) is 0 Å². The van der Waals surface area contributed by atoms with Crippen molar-refractivity contribution in [2.45, 2.75) is 6.30 Å². The molecule has 5 nitrogen and oxygen atoms in total. The van der Waals surface area contributed by atoms with Crippen molar-refractivity contribution in [2.75, 3.05) is 4.90 Å². The van der Waals surface area contributed by atoms with Crippen molar-refractivity contribution in [3.63, 3.8) is 0 Å². The first-order valence-electron chi connectivity index (χ1n) is 4.59. The minimum atomic E-state index is -2.96. The minimum absolute atomic E-state index is 0.210. The van der Waals surface area contributed by atoms with Gasteiger partial charge in [0.05, 0.1) is 11.3 Å². The van der Waals surface area contributed by atoms with E-state index in [9.17, 15) is 27.6 Å². The van der Waals surface area contributed by atoms with E-state index in [0.717, 1.165) is 0 Å². The number of nitrogens with zero attached hydrogens (tertiary/aromatic N) is 1. The van der Waals surface area contributed by atoms with Crippen molar-refractivity contribution >= 4 is 23.3 Å². The summed E-state index contributed by atoms with van der Waals surface area (Å²) in [6.45, 7) is 0. The molecule has 2 rings (SSSR count). The van der Waals surface area contributed by atoms with Gasteiger partial charge in [-0.25, -0.2) is 18.0 Å². The number of carbonyl (C=O) groups is 3. The topological polar surface area (TPSA) is 74.7 Å². The zero-order chi connectivity index (χ0) is 13.6. The second-order valence-electron chi connectivity index (χ2n) is 3.43. The van der Waals surface area contributed by atoms with E-state index in [1.165, 1.54) is 0 Å². The van der Waals surface area contributed by atoms with Crippen LogP contribution in [-0.2, 0) is 9.59 Å². The molecule has 0 aliphatic carbocycles. The summed E-state index contributed by atoms with van der Waals surface area (Å²) in [5.74, 6) is -7.66. The number of benzene rings is 1. The monoisotopic (exact) mass is 259 g/mol. The molecule has 94 valence electrons. The summed E-state index contributed by atoms with van der Waals surface area (Å²) in [4.78, 5) is 32.9. The number of amides is 1. The summed E-state index contributed by atoms with van der Waals surface area (Å²) >= 11 is 0. The Morgan fingerprint density at radius 1 is 1.22 bits per heavy atom. The number of carboxylic acid groups (broad SMARTS) is 1. The standard InChI is InChI=1S/C10H4F3NO4/c11-3-1-2-4(12)6-5(3)7(15)9(16)14(6)8(13)10(17)18/h1-2,8H,(H,17,18). The van der Waals surface area contributed by atoms with E-state index >= 15 is 0 Å². The van der Waals surface area contributed by atoms with Gasteiger partial charge < -0.3 is 5.11 Å². The highest BCUT2D eigenvalue weighted by atomic mass is 19.1. The van der Waals surface area contributed by atoms with E-state index in [0.29, 0.717) is 12.1 Å². The van der Waals surface area contributed by atoms with Gasteiger partial charge in [0.15, 0.2) is 0 Å². The lowest BCUT2D eigenvalue weighted by molar-refractivity contribution is -0.144. The van der Waals surface area contributed by atoms with Crippen molar-refractivity contribution in [3.05, 3.63) is 29.3 Å². The van der Waals surface area contributed by atoms with Crippen molar-refractivity contribution in [1.82, 2.24) is 0 Å². The van der Waals surface area contributed by atoms with Crippen LogP contribution >= 0.6 is 0 Å². The summed E-state index contributed by atoms with van der Waals surface area (Å²) in [5, 5.41) is 8.44. The molecule has 0 aromatic heterocycles. The largest absolute Gasteiger partial charge is 0.478 e. The predicted octanol–water partition coefficient (Wildman–Crippen LogP) is 0.874. The van der Waals surface area contributed by atoms with Crippen LogP contribution < -0.4 is 4.90 Å². The number of hydrogen-bond donors (Lipinski definition) is 1. The third-order valence-corrected chi connectivity index (χ3v) is 2.39. The van der Waals surface area contributed by atoms with Gasteiger partial charge in [-0.05, 0) is 12.1 Å². The maximum atomic E-state index is 13.4. The lowest BCUT2D eigenvalue weighted by Gasteiger charge is -2.18. The van der Waals surface area contributed by atoms with Crippen molar-refractivity contribution in [1.29, 1.82) is 0 Å². The number of hydrogen-bond acceptors (Lipinski definition) is 3. The first-order valence-corrected chi connectivity index (χ1v) is 4.59. The Balaban J connectivity index is 2.69. The minimum Gasteiger partial charge on any atom is -0.478 e. The normalized spacial score (nSPS) is 15.8. The molecule has 1 N–H and O–H groups in total. The van der Waals surface area contributed by atoms with E-state index in [1.807, 2.05) is 0 Å². The number of rotatable bonds is 2. The first kappa shape index (κ1) is 12.1. The molecule has 1 atom stereocenters. The van der Waals surface area contributed by atoms with Crippen molar-refractivity contribution in [2.24, 2.45) is 0 Å². The van der Waals surface area contributed by atoms with E-state index < -0.39 is 46.8 Å². The van der Waals surface area contributed by atoms with Gasteiger partial charge in [0.25, 0.3) is 12.1 Å². The lowest BCUT2D eigenvalue weighted by atomic mass is 10.1. The molecular weight excluding hydrogens is 255 g/mol. The Kier molecular flexibility index (Phi) is 2.57. The summed E-state index contributed by atoms with van der Waals surface area (Å²) in [6.07, 6.45) is -2.96. The molecule has 1 heterocycles. The van der Waals surface area contributed by atoms with E-state index in [4.69, 9.17) is 5.11 Å². The zero-order valence-electron chi connectivity index (χ0n) is 8.49. The summed E-state index contributed by atoms with van der Waals surface area (Å²) < 4.78 is 40.0. The quantitative estimate of drug-likeness (QED) is 0.631. The fourth-order valence-electron chi connectivity index (χ4n) is 1.64. The number of Topliss-reactive ketones (excluding diaryl/α,β-unsaturated/α-hetero) is 1. The van der Waals surface area contributed by atoms with Crippen LogP contribution in [-0.4, -0.2) is 29.1 Å². The number of aliphatic carboxylic acids is 1. The maximum Gasteiger partial charge on any atom is 0.360 e. The van der Waals surface area contributed by atoms with Gasteiger partial charge in [0, 0.05) is 0 Å². The molecule has 18 heavy (non-hydrogen) atoms. The molecule has 8 heteroatoms. The van der Waals surface area contributed by atoms with Crippen LogP contribution in [0.25, 0.3) is 0 Å². The average molecular weight is 259 g/mol. The molecule has 1 aliphatic rings. The zero-order valence-corrected chi connectivity index (χ0v) is 8.49. The molecular formula is C10H4F3NO4. The fraction of sp³-hybridized carbons (Fsp3) is 0.100. The predicted molar refractivity (Wildman–Crippen MR) is 50.7 cm³/mol. The third-order valence-electron chi connectivity index (χ3n) is 2.39. The van der Waals surface area contributed by atoms with Crippen LogP contribution in [0.4, 0.5) is 18.9 Å². The number of ketones is 1. The Morgan fingerprint density at radius 3 is 2.33 bits per heavy atom. The molecule has 1 aromatic carbocycles. The molecule has 0 bridgehead atoms. The van der Waals surface area contributed by atoms with Crippen molar-refractivity contribution < 1.29 is 32.7 Å². The highest BCUT2D eigenvalue weighted by Crippen LogP contribution is 2.35. The molecule has 0 saturated heterocycles. The Morgan fingerprint density at radius 2 is 1.78 bits per heavy atom. The third kappa shape index (κ3) is 1.45. The first-order chi connectivity index (χ1) is 8.36. The molecule has 1 aromatic rings. The van der Waals surface area contributed by atoms with Gasteiger partial charge in [0.2, 0.25) is 0 Å². The Hall–Kier alpha value is -2.38. The van der Waals surface area contributed by atoms with Gasteiger partial charge >= 0.3 is 11.9 Å². The number of carboxylic acids is 1. The summed E-state index contributed by atoms with van der Waals surface area (Å²) in [5.41, 5.74) is -1.94. The van der Waals surface area contributed by atoms with Gasteiger partial charge in [0.1, 0.15) is 11.6 Å². The molecule has 0 spiro atoms. The van der Waals surface area contributed by atoms with Gasteiger partial charge in [-0.2, -0.15) is 0 Å². The van der Waals surface area contributed by atoms with Crippen LogP contribution in [0.15, 0.2) is 12.1 Å². The van der Waals surface area contributed by atoms with Crippen LogP contribution in [0.1, 0.15) is 10.4 Å². The smallest absolute Gasteiger partial charge is 0.360 e. The van der Waals surface area contributed by atoms with Crippen molar-refractivity contribution in [3.8, 4) is 0 Å². The van der Waals surface area contributed by atoms with Gasteiger partial charge in [-0.3, -0.25) is 14.5 Å². The second-order valence-corrected chi connectivity index (χ2v) is 3.43. The van der Waals surface area contributed by atoms with Crippen LogP contribution in [0.3, 0.4) is 0 Å². The number of anilines is 1. The molecule has 0 radical (unpaired) electrons. The second kappa shape index (κ2) is 3.83. The number of fused-ring (bicyclic) bond motifs is 1. The number of alkyl halides is 1. The molecule has 0 fully saturated rings. The van der Waals surface area contributed by atoms with Crippen LogP contribution in [0.2, 0.25) is 0 Å². The molecule has 0 saturated carbocycles. The summed E-state index contributed by atoms with van der Waals surface area (Å²) in [7, 11) is 0. The Bertz CT molecular complexity index is 587. The molecule has 1 amide bonds. The maximum absolute atomic E-state index is 13.4. The van der Waals surface area contributed by atoms with E-state index in [1.54, 1.807) is 0 Å². The van der Waals surface area contributed by atoms with Crippen LogP contribution in [0, 0.1) is 11.6 Å². The number of carbonyl (C=O) groups excluding carboxylic acids is 2. The van der Waals surface area contributed by atoms with E-state index in [-0.39, 0.29) is 4.90 Å².